The highest BCUT2D eigenvalue weighted by atomic mass is 19.1. The van der Waals surface area contributed by atoms with Gasteiger partial charge in [0.25, 0.3) is 11.4 Å². The maximum Gasteiger partial charge on any atom is 0.343 e. The number of hydrogen-bond acceptors (Lipinski definition) is 9. The summed E-state index contributed by atoms with van der Waals surface area (Å²) in [7, 11) is 0. The summed E-state index contributed by atoms with van der Waals surface area (Å²) in [4.78, 5) is 45.0. The molecule has 194 valence electrons. The molecule has 0 aliphatic rings. The fourth-order valence-corrected chi connectivity index (χ4v) is 3.72. The zero-order valence-corrected chi connectivity index (χ0v) is 19.3. The van der Waals surface area contributed by atoms with Gasteiger partial charge in [-0.3, -0.25) is 20.2 Å². The molecule has 0 saturated heterocycles. The van der Waals surface area contributed by atoms with Crippen molar-refractivity contribution in [1.82, 2.24) is 0 Å². The van der Waals surface area contributed by atoms with Gasteiger partial charge in [-0.05, 0) is 48.5 Å². The van der Waals surface area contributed by atoms with Crippen LogP contribution in [0.3, 0.4) is 0 Å². The Hall–Kier alpha value is -5.72. The van der Waals surface area contributed by atoms with E-state index in [1.807, 2.05) is 0 Å². The van der Waals surface area contributed by atoms with Crippen LogP contribution in [0.15, 0.2) is 77.2 Å². The van der Waals surface area contributed by atoms with Gasteiger partial charge in [0.05, 0.1) is 33.1 Å². The van der Waals surface area contributed by atoms with Crippen molar-refractivity contribution in [2.24, 2.45) is 0 Å². The van der Waals surface area contributed by atoms with E-state index < -0.39 is 56.3 Å². The Balaban J connectivity index is 1.38. The highest BCUT2D eigenvalue weighted by Crippen LogP contribution is 2.31. The van der Waals surface area contributed by atoms with E-state index in [0.717, 1.165) is 24.3 Å². The summed E-state index contributed by atoms with van der Waals surface area (Å²) in [5.41, 5.74) is -0.555. The standard InChI is InChI=1S/C26H12F2N2O9/c27-19-11-15(29(33)34)3-7-21(19)38-25(31)13-1-5-17-18-6-2-14(10-24(18)37-23(17)9-13)26(32)39-22-8-4-16(30(35)36)12-20(22)28/h1-12H. The maximum atomic E-state index is 14.1. The summed E-state index contributed by atoms with van der Waals surface area (Å²) >= 11 is 0. The Morgan fingerprint density at radius 3 is 1.41 bits per heavy atom. The number of esters is 2. The van der Waals surface area contributed by atoms with E-state index in [9.17, 15) is 38.6 Å². The highest BCUT2D eigenvalue weighted by Gasteiger charge is 2.20. The Bertz CT molecular complexity index is 1720. The normalized spacial score (nSPS) is 10.9. The van der Waals surface area contributed by atoms with Gasteiger partial charge in [-0.1, -0.05) is 0 Å². The second kappa shape index (κ2) is 9.63. The predicted octanol–water partition coefficient (Wildman–Crippen LogP) is 6.12. The zero-order valence-electron chi connectivity index (χ0n) is 19.3. The molecule has 0 aliphatic heterocycles. The van der Waals surface area contributed by atoms with E-state index in [2.05, 4.69) is 0 Å². The van der Waals surface area contributed by atoms with Gasteiger partial charge in [0, 0.05) is 22.9 Å². The Kier molecular flexibility index (Phi) is 6.16. The zero-order chi connectivity index (χ0) is 27.8. The summed E-state index contributed by atoms with van der Waals surface area (Å²) in [6.07, 6.45) is 0. The van der Waals surface area contributed by atoms with Crippen molar-refractivity contribution in [1.29, 1.82) is 0 Å². The van der Waals surface area contributed by atoms with Crippen LogP contribution in [-0.2, 0) is 0 Å². The van der Waals surface area contributed by atoms with Gasteiger partial charge in [0.15, 0.2) is 23.1 Å². The van der Waals surface area contributed by atoms with E-state index in [-0.39, 0.29) is 22.3 Å². The van der Waals surface area contributed by atoms with Crippen LogP contribution in [0, 0.1) is 31.9 Å². The predicted molar refractivity (Wildman–Crippen MR) is 130 cm³/mol. The molecule has 0 N–H and O–H groups in total. The smallest absolute Gasteiger partial charge is 0.343 e. The molecule has 4 aromatic carbocycles. The Morgan fingerprint density at radius 2 is 1.05 bits per heavy atom. The summed E-state index contributed by atoms with van der Waals surface area (Å²) in [6.45, 7) is 0. The Labute approximate surface area is 215 Å². The second-order valence-corrected chi connectivity index (χ2v) is 8.05. The molecule has 0 spiro atoms. The van der Waals surface area contributed by atoms with Gasteiger partial charge < -0.3 is 13.9 Å². The molecule has 1 heterocycles. The average Bonchev–Trinajstić information content (AvgIpc) is 3.27. The number of non-ortho nitro benzene ring substituents is 2. The van der Waals surface area contributed by atoms with Crippen molar-refractivity contribution in [2.75, 3.05) is 0 Å². The largest absolute Gasteiger partial charge is 0.456 e. The molecular formula is C26H12F2N2O9. The molecule has 0 bridgehead atoms. The molecular weight excluding hydrogens is 522 g/mol. The monoisotopic (exact) mass is 534 g/mol. The van der Waals surface area contributed by atoms with Gasteiger partial charge >= 0.3 is 11.9 Å². The molecule has 0 fully saturated rings. The number of carbonyl (C=O) groups excluding carboxylic acids is 2. The highest BCUT2D eigenvalue weighted by molar-refractivity contribution is 6.08. The summed E-state index contributed by atoms with van der Waals surface area (Å²) in [5, 5.41) is 22.7. The maximum absolute atomic E-state index is 14.1. The van der Waals surface area contributed by atoms with Crippen LogP contribution in [0.4, 0.5) is 20.2 Å². The summed E-state index contributed by atoms with van der Waals surface area (Å²) in [5.74, 6) is -5.06. The minimum Gasteiger partial charge on any atom is -0.456 e. The lowest BCUT2D eigenvalue weighted by Crippen LogP contribution is -2.09. The first-order valence-corrected chi connectivity index (χ1v) is 10.9. The summed E-state index contributed by atoms with van der Waals surface area (Å²) < 4.78 is 44.0. The molecule has 0 saturated carbocycles. The molecule has 13 heteroatoms. The number of furan rings is 1. The third-order valence-electron chi connectivity index (χ3n) is 5.60. The van der Waals surface area contributed by atoms with Crippen LogP contribution in [-0.4, -0.2) is 21.8 Å². The molecule has 0 amide bonds. The van der Waals surface area contributed by atoms with E-state index in [1.54, 1.807) is 12.1 Å². The molecule has 1 aromatic heterocycles. The van der Waals surface area contributed by atoms with E-state index in [0.29, 0.717) is 22.9 Å². The first-order chi connectivity index (χ1) is 18.6. The van der Waals surface area contributed by atoms with Crippen LogP contribution in [0.5, 0.6) is 11.5 Å². The molecule has 0 radical (unpaired) electrons. The molecule has 5 rings (SSSR count). The van der Waals surface area contributed by atoms with Crippen LogP contribution < -0.4 is 9.47 Å². The average molecular weight is 534 g/mol. The van der Waals surface area contributed by atoms with Gasteiger partial charge in [-0.25, -0.2) is 18.4 Å². The molecule has 0 atom stereocenters. The minimum absolute atomic E-state index is 0.00686. The van der Waals surface area contributed by atoms with Gasteiger partial charge in [-0.2, -0.15) is 0 Å². The minimum atomic E-state index is -1.09. The molecule has 5 aromatic rings. The first kappa shape index (κ1) is 25.0. The van der Waals surface area contributed by atoms with Crippen molar-refractivity contribution < 1.29 is 42.1 Å². The lowest BCUT2D eigenvalue weighted by molar-refractivity contribution is -0.385. The van der Waals surface area contributed by atoms with Crippen molar-refractivity contribution in [2.45, 2.75) is 0 Å². The van der Waals surface area contributed by atoms with Crippen LogP contribution in [0.1, 0.15) is 20.7 Å². The molecule has 0 unspecified atom stereocenters. The number of fused-ring (bicyclic) bond motifs is 3. The SMILES string of the molecule is O=C(Oc1ccc([N+](=O)[O-])cc1F)c1ccc2c(c1)oc1cc(C(=O)Oc3ccc([N+](=O)[O-])cc3F)ccc12. The molecule has 0 aliphatic carbocycles. The number of ether oxygens (including phenoxy) is 2. The Morgan fingerprint density at radius 1 is 0.641 bits per heavy atom. The second-order valence-electron chi connectivity index (χ2n) is 8.05. The first-order valence-electron chi connectivity index (χ1n) is 10.9. The third kappa shape index (κ3) is 4.83. The van der Waals surface area contributed by atoms with Crippen molar-refractivity contribution in [3.63, 3.8) is 0 Å². The number of halogens is 2. The number of nitrogens with zero attached hydrogens (tertiary/aromatic N) is 2. The fourth-order valence-electron chi connectivity index (χ4n) is 3.72. The van der Waals surface area contributed by atoms with E-state index >= 15 is 0 Å². The quantitative estimate of drug-likeness (QED) is 0.109. The lowest BCUT2D eigenvalue weighted by atomic mass is 10.1. The van der Waals surface area contributed by atoms with Crippen molar-refractivity contribution in [3.8, 4) is 11.5 Å². The van der Waals surface area contributed by atoms with Crippen LogP contribution >= 0.6 is 0 Å². The van der Waals surface area contributed by atoms with E-state index in [4.69, 9.17) is 13.9 Å². The number of carbonyl (C=O) groups is 2. The molecule has 39 heavy (non-hydrogen) atoms. The van der Waals surface area contributed by atoms with Crippen molar-refractivity contribution >= 4 is 45.3 Å². The topological polar surface area (TPSA) is 152 Å². The van der Waals surface area contributed by atoms with Gasteiger partial charge in [-0.15, -0.1) is 0 Å². The number of rotatable bonds is 6. The lowest BCUT2D eigenvalue weighted by Gasteiger charge is -2.05. The number of hydrogen-bond donors (Lipinski definition) is 0. The van der Waals surface area contributed by atoms with Crippen LogP contribution in [0.2, 0.25) is 0 Å². The van der Waals surface area contributed by atoms with E-state index in [1.165, 1.54) is 24.3 Å². The van der Waals surface area contributed by atoms with Crippen LogP contribution in [0.25, 0.3) is 21.9 Å². The number of benzene rings is 4. The summed E-state index contributed by atoms with van der Waals surface area (Å²) in [6, 6.07) is 13.8. The van der Waals surface area contributed by atoms with Gasteiger partial charge in [0.1, 0.15) is 11.2 Å². The van der Waals surface area contributed by atoms with Crippen molar-refractivity contribution in [3.05, 3.63) is 116 Å². The number of nitro benzene ring substituents is 2. The third-order valence-corrected chi connectivity index (χ3v) is 5.60. The fraction of sp³-hybridized carbons (Fsp3) is 0. The molecule has 11 nitrogen and oxygen atoms in total. The van der Waals surface area contributed by atoms with Gasteiger partial charge in [0.2, 0.25) is 0 Å². The number of nitro groups is 2.